The van der Waals surface area contributed by atoms with Crippen molar-refractivity contribution < 1.29 is 9.59 Å². The van der Waals surface area contributed by atoms with Crippen molar-refractivity contribution in [3.8, 4) is 5.69 Å². The minimum absolute atomic E-state index is 0.0950. The van der Waals surface area contributed by atoms with E-state index in [-0.39, 0.29) is 5.91 Å². The van der Waals surface area contributed by atoms with Crippen LogP contribution < -0.4 is 5.73 Å². The summed E-state index contributed by atoms with van der Waals surface area (Å²) in [6.45, 7) is 0.452. The third-order valence-electron chi connectivity index (χ3n) is 5.48. The molecule has 0 fully saturated rings. The summed E-state index contributed by atoms with van der Waals surface area (Å²) in [6, 6.07) is 18.3. The van der Waals surface area contributed by atoms with E-state index in [2.05, 4.69) is 15.1 Å². The zero-order chi connectivity index (χ0) is 22.9. The molecule has 3 aromatic carbocycles. The second-order valence-corrected chi connectivity index (χ2v) is 7.77. The van der Waals surface area contributed by atoms with Gasteiger partial charge in [0.05, 0.1) is 22.3 Å². The van der Waals surface area contributed by atoms with Gasteiger partial charge in [-0.25, -0.2) is 4.68 Å². The Morgan fingerprint density at radius 3 is 2.48 bits per heavy atom. The first-order valence-electron chi connectivity index (χ1n) is 10.3. The van der Waals surface area contributed by atoms with Crippen molar-refractivity contribution in [3.63, 3.8) is 0 Å². The van der Waals surface area contributed by atoms with Gasteiger partial charge in [-0.15, -0.1) is 0 Å². The molecule has 0 aliphatic carbocycles. The van der Waals surface area contributed by atoms with E-state index in [0.717, 1.165) is 27.7 Å². The molecule has 8 heteroatoms. The molecule has 2 N–H and O–H groups in total. The Morgan fingerprint density at radius 1 is 0.970 bits per heavy atom. The van der Waals surface area contributed by atoms with Gasteiger partial charge in [-0.1, -0.05) is 18.2 Å². The van der Waals surface area contributed by atoms with E-state index >= 15 is 0 Å². The Hall–Kier alpha value is -4.59. The lowest BCUT2D eigenvalue weighted by Crippen LogP contribution is -2.26. The number of carbonyl (C=O) groups excluding carboxylic acids is 2. The number of amides is 2. The van der Waals surface area contributed by atoms with Gasteiger partial charge < -0.3 is 10.6 Å². The van der Waals surface area contributed by atoms with E-state index in [4.69, 9.17) is 5.73 Å². The summed E-state index contributed by atoms with van der Waals surface area (Å²) in [6.07, 6.45) is 5.14. The van der Waals surface area contributed by atoms with Gasteiger partial charge in [0.15, 0.2) is 0 Å². The molecule has 2 aromatic heterocycles. The number of aromatic nitrogens is 4. The van der Waals surface area contributed by atoms with Crippen LogP contribution in [0.15, 0.2) is 79.3 Å². The Balaban J connectivity index is 1.35. The second kappa shape index (κ2) is 8.16. The number of nitrogens with two attached hydrogens (primary N) is 1. The van der Waals surface area contributed by atoms with E-state index in [0.29, 0.717) is 23.2 Å². The van der Waals surface area contributed by atoms with Gasteiger partial charge in [0.25, 0.3) is 11.8 Å². The van der Waals surface area contributed by atoms with Crippen LogP contribution in [0.2, 0.25) is 0 Å². The highest BCUT2D eigenvalue weighted by atomic mass is 16.2. The van der Waals surface area contributed by atoms with Crippen LogP contribution >= 0.6 is 0 Å². The van der Waals surface area contributed by atoms with Crippen LogP contribution in [0.1, 0.15) is 26.3 Å². The predicted octanol–water partition coefficient (Wildman–Crippen LogP) is 3.34. The van der Waals surface area contributed by atoms with Gasteiger partial charge in [0.1, 0.15) is 5.52 Å². The Bertz CT molecular complexity index is 1510. The number of carbonyl (C=O) groups is 2. The molecule has 0 aliphatic heterocycles. The minimum Gasteiger partial charge on any atom is -0.366 e. The number of hydrogen-bond donors (Lipinski definition) is 1. The first-order chi connectivity index (χ1) is 16.0. The van der Waals surface area contributed by atoms with Gasteiger partial charge in [-0.3, -0.25) is 19.6 Å². The Morgan fingerprint density at radius 2 is 1.73 bits per heavy atom. The van der Waals surface area contributed by atoms with Crippen molar-refractivity contribution in [3.05, 3.63) is 95.9 Å². The monoisotopic (exact) mass is 436 g/mol. The average molecular weight is 436 g/mol. The van der Waals surface area contributed by atoms with Crippen molar-refractivity contribution in [2.24, 2.45) is 5.73 Å². The molecule has 162 valence electrons. The smallest absolute Gasteiger partial charge is 0.253 e. The maximum atomic E-state index is 12.9. The topological polar surface area (TPSA) is 107 Å². The van der Waals surface area contributed by atoms with E-state index in [1.165, 1.54) is 0 Å². The molecule has 0 saturated heterocycles. The number of hydrogen-bond acceptors (Lipinski definition) is 5. The highest BCUT2D eigenvalue weighted by Gasteiger charge is 2.14. The van der Waals surface area contributed by atoms with E-state index in [1.54, 1.807) is 53.3 Å². The second-order valence-electron chi connectivity index (χ2n) is 7.77. The predicted molar refractivity (Wildman–Crippen MR) is 125 cm³/mol. The first-order valence-corrected chi connectivity index (χ1v) is 10.3. The highest BCUT2D eigenvalue weighted by molar-refractivity contribution is 6.04. The molecule has 5 aromatic rings. The van der Waals surface area contributed by atoms with Crippen LogP contribution in [0, 0.1) is 0 Å². The quantitative estimate of drug-likeness (QED) is 0.455. The van der Waals surface area contributed by atoms with Gasteiger partial charge in [-0.2, -0.15) is 5.10 Å². The number of benzene rings is 3. The summed E-state index contributed by atoms with van der Waals surface area (Å²) in [5.74, 6) is -0.615. The number of primary amides is 1. The van der Waals surface area contributed by atoms with E-state index in [1.807, 2.05) is 42.6 Å². The van der Waals surface area contributed by atoms with Gasteiger partial charge >= 0.3 is 0 Å². The summed E-state index contributed by atoms with van der Waals surface area (Å²) >= 11 is 0. The lowest BCUT2D eigenvalue weighted by atomic mass is 10.1. The van der Waals surface area contributed by atoms with E-state index in [9.17, 15) is 9.59 Å². The Labute approximate surface area is 189 Å². The lowest BCUT2D eigenvalue weighted by Gasteiger charge is -2.18. The molecule has 5 rings (SSSR count). The average Bonchev–Trinajstić information content (AvgIpc) is 3.28. The fraction of sp³-hybridized carbons (Fsp3) is 0.0800. The third kappa shape index (κ3) is 3.89. The van der Waals surface area contributed by atoms with Gasteiger partial charge in [0, 0.05) is 43.1 Å². The molecule has 0 spiro atoms. The van der Waals surface area contributed by atoms with Crippen molar-refractivity contribution in [2.75, 3.05) is 7.05 Å². The van der Waals surface area contributed by atoms with Crippen molar-refractivity contribution >= 4 is 33.8 Å². The van der Waals surface area contributed by atoms with Gasteiger partial charge in [-0.05, 0) is 48.0 Å². The van der Waals surface area contributed by atoms with E-state index < -0.39 is 5.91 Å². The summed E-state index contributed by atoms with van der Waals surface area (Å²) in [5, 5.41) is 5.32. The molecular formula is C25H20N6O2. The van der Waals surface area contributed by atoms with Crippen LogP contribution in [-0.4, -0.2) is 43.5 Å². The SMILES string of the molecule is CN(Cc1ccc2nccnc2c1)C(=O)c1ccc(-n2cc3cccc(C(N)=O)c3n2)cc1. The summed E-state index contributed by atoms with van der Waals surface area (Å²) < 4.78 is 1.67. The molecule has 0 bridgehead atoms. The molecule has 2 heterocycles. The highest BCUT2D eigenvalue weighted by Crippen LogP contribution is 2.20. The molecule has 0 atom stereocenters. The normalized spacial score (nSPS) is 11.1. The minimum atomic E-state index is -0.520. The maximum absolute atomic E-state index is 12.9. The first kappa shape index (κ1) is 20.3. The molecule has 0 aliphatic rings. The maximum Gasteiger partial charge on any atom is 0.253 e. The van der Waals surface area contributed by atoms with Crippen molar-refractivity contribution in [1.29, 1.82) is 0 Å². The number of nitrogens with zero attached hydrogens (tertiary/aromatic N) is 5. The van der Waals surface area contributed by atoms with Crippen LogP contribution in [0.3, 0.4) is 0 Å². The summed E-state index contributed by atoms with van der Waals surface area (Å²) in [7, 11) is 1.77. The summed E-state index contributed by atoms with van der Waals surface area (Å²) in [5.41, 5.74) is 10.3. The molecule has 0 unspecified atom stereocenters. The van der Waals surface area contributed by atoms with Crippen LogP contribution in [-0.2, 0) is 6.54 Å². The zero-order valence-corrected chi connectivity index (χ0v) is 17.8. The Kier molecular flexibility index (Phi) is 5.02. The number of rotatable bonds is 5. The zero-order valence-electron chi connectivity index (χ0n) is 17.8. The lowest BCUT2D eigenvalue weighted by molar-refractivity contribution is 0.0785. The van der Waals surface area contributed by atoms with Crippen LogP contribution in [0.4, 0.5) is 0 Å². The molecule has 0 radical (unpaired) electrons. The van der Waals surface area contributed by atoms with Crippen LogP contribution in [0.25, 0.3) is 27.6 Å². The largest absolute Gasteiger partial charge is 0.366 e. The third-order valence-corrected chi connectivity index (χ3v) is 5.48. The number of fused-ring (bicyclic) bond motifs is 2. The van der Waals surface area contributed by atoms with Crippen molar-refractivity contribution in [1.82, 2.24) is 24.6 Å². The van der Waals surface area contributed by atoms with Crippen molar-refractivity contribution in [2.45, 2.75) is 6.54 Å². The summed E-state index contributed by atoms with van der Waals surface area (Å²) in [4.78, 5) is 34.9. The molecule has 0 saturated carbocycles. The molecule has 8 nitrogen and oxygen atoms in total. The molecular weight excluding hydrogens is 416 g/mol. The molecule has 2 amide bonds. The fourth-order valence-corrected chi connectivity index (χ4v) is 3.81. The standard InChI is InChI=1S/C25H20N6O2/c1-30(14-16-5-10-21-22(13-16)28-12-11-27-21)25(33)17-6-8-19(9-7-17)31-15-18-3-2-4-20(24(26)32)23(18)29-31/h2-13,15H,14H2,1H3,(H2,26,32). The molecule has 33 heavy (non-hydrogen) atoms. The fourth-order valence-electron chi connectivity index (χ4n) is 3.81. The van der Waals surface area contributed by atoms with Crippen LogP contribution in [0.5, 0.6) is 0 Å². The van der Waals surface area contributed by atoms with Gasteiger partial charge in [0.2, 0.25) is 0 Å².